The maximum absolute atomic E-state index is 3.55. The van der Waals surface area contributed by atoms with E-state index in [0.717, 1.165) is 24.5 Å². The second kappa shape index (κ2) is 5.72. The molecule has 1 aliphatic heterocycles. The summed E-state index contributed by atoms with van der Waals surface area (Å²) in [4.78, 5) is 2.66. The minimum Gasteiger partial charge on any atom is -0.313 e. The average molecular weight is 198 g/mol. The highest BCUT2D eigenvalue weighted by Crippen LogP contribution is 2.20. The lowest BCUT2D eigenvalue weighted by Gasteiger charge is -2.30. The predicted octanol–water partition coefficient (Wildman–Crippen LogP) is 2.10. The van der Waals surface area contributed by atoms with Gasteiger partial charge in [-0.1, -0.05) is 27.7 Å². The SMILES string of the molecule is CCNC1CCN(C(CC)C(C)C)C1. The fraction of sp³-hybridized carbons (Fsp3) is 1.00. The van der Waals surface area contributed by atoms with Crippen LogP contribution in [-0.4, -0.2) is 36.6 Å². The predicted molar refractivity (Wildman–Crippen MR) is 62.6 cm³/mol. The number of nitrogens with zero attached hydrogens (tertiary/aromatic N) is 1. The molecular weight excluding hydrogens is 172 g/mol. The molecule has 1 heterocycles. The van der Waals surface area contributed by atoms with Gasteiger partial charge in [-0.2, -0.15) is 0 Å². The molecule has 0 saturated carbocycles. The summed E-state index contributed by atoms with van der Waals surface area (Å²) in [5.74, 6) is 0.792. The Morgan fingerprint density at radius 3 is 2.57 bits per heavy atom. The number of nitrogens with one attached hydrogen (secondary N) is 1. The fourth-order valence-corrected chi connectivity index (χ4v) is 2.70. The molecule has 1 N–H and O–H groups in total. The number of likely N-dealkylation sites (N-methyl/N-ethyl adjacent to an activating group) is 1. The number of hydrogen-bond donors (Lipinski definition) is 1. The van der Waals surface area contributed by atoms with Crippen molar-refractivity contribution in [2.45, 2.75) is 52.6 Å². The van der Waals surface area contributed by atoms with Crippen molar-refractivity contribution in [1.29, 1.82) is 0 Å². The Balaban J connectivity index is 2.39. The van der Waals surface area contributed by atoms with Crippen LogP contribution in [0.2, 0.25) is 0 Å². The van der Waals surface area contributed by atoms with Crippen LogP contribution in [-0.2, 0) is 0 Å². The zero-order valence-corrected chi connectivity index (χ0v) is 10.2. The summed E-state index contributed by atoms with van der Waals surface area (Å²) in [6.45, 7) is 12.8. The molecule has 0 aromatic rings. The first-order chi connectivity index (χ1) is 6.69. The van der Waals surface area contributed by atoms with Crippen LogP contribution in [0.3, 0.4) is 0 Å². The molecule has 1 aliphatic rings. The van der Waals surface area contributed by atoms with E-state index in [1.165, 1.54) is 25.9 Å². The summed E-state index contributed by atoms with van der Waals surface area (Å²) in [5.41, 5.74) is 0. The highest BCUT2D eigenvalue weighted by atomic mass is 15.2. The van der Waals surface area contributed by atoms with Gasteiger partial charge in [0, 0.05) is 25.2 Å². The van der Waals surface area contributed by atoms with E-state index < -0.39 is 0 Å². The lowest BCUT2D eigenvalue weighted by Crippen LogP contribution is -2.39. The largest absolute Gasteiger partial charge is 0.313 e. The van der Waals surface area contributed by atoms with Crippen LogP contribution in [0.25, 0.3) is 0 Å². The Hall–Kier alpha value is -0.0800. The molecule has 14 heavy (non-hydrogen) atoms. The van der Waals surface area contributed by atoms with Crippen molar-refractivity contribution in [3.63, 3.8) is 0 Å². The van der Waals surface area contributed by atoms with Gasteiger partial charge in [-0.25, -0.2) is 0 Å². The summed E-state index contributed by atoms with van der Waals surface area (Å²) in [6.07, 6.45) is 2.62. The second-order valence-electron chi connectivity index (χ2n) is 4.76. The van der Waals surface area contributed by atoms with Crippen molar-refractivity contribution in [3.8, 4) is 0 Å². The Kier molecular flexibility index (Phi) is 4.90. The Morgan fingerprint density at radius 2 is 2.07 bits per heavy atom. The molecule has 0 amide bonds. The van der Waals surface area contributed by atoms with Gasteiger partial charge in [0.05, 0.1) is 0 Å². The van der Waals surface area contributed by atoms with Crippen LogP contribution in [0.5, 0.6) is 0 Å². The molecule has 1 saturated heterocycles. The van der Waals surface area contributed by atoms with Gasteiger partial charge in [-0.05, 0) is 25.3 Å². The Bertz CT molecular complexity index is 156. The molecule has 2 unspecified atom stereocenters. The first-order valence-corrected chi connectivity index (χ1v) is 6.16. The highest BCUT2D eigenvalue weighted by molar-refractivity contribution is 4.85. The quantitative estimate of drug-likeness (QED) is 0.728. The van der Waals surface area contributed by atoms with E-state index in [2.05, 4.69) is 37.9 Å². The number of likely N-dealkylation sites (tertiary alicyclic amines) is 1. The third-order valence-electron chi connectivity index (χ3n) is 3.37. The van der Waals surface area contributed by atoms with Gasteiger partial charge in [0.1, 0.15) is 0 Å². The molecule has 1 rings (SSSR count). The molecule has 0 aromatic heterocycles. The van der Waals surface area contributed by atoms with Gasteiger partial charge in [-0.15, -0.1) is 0 Å². The third kappa shape index (κ3) is 2.96. The van der Waals surface area contributed by atoms with Crippen LogP contribution in [0.15, 0.2) is 0 Å². The lowest BCUT2D eigenvalue weighted by atomic mass is 10.0. The van der Waals surface area contributed by atoms with E-state index in [9.17, 15) is 0 Å². The molecule has 1 fully saturated rings. The van der Waals surface area contributed by atoms with Crippen molar-refractivity contribution in [2.75, 3.05) is 19.6 Å². The molecule has 84 valence electrons. The molecule has 0 radical (unpaired) electrons. The van der Waals surface area contributed by atoms with Crippen molar-refractivity contribution < 1.29 is 0 Å². The Labute approximate surface area is 89.1 Å². The molecule has 0 bridgehead atoms. The molecular formula is C12H26N2. The molecule has 0 aliphatic carbocycles. The van der Waals surface area contributed by atoms with E-state index in [1.807, 2.05) is 0 Å². The monoisotopic (exact) mass is 198 g/mol. The number of rotatable bonds is 5. The summed E-state index contributed by atoms with van der Waals surface area (Å²) in [7, 11) is 0. The highest BCUT2D eigenvalue weighted by Gasteiger charge is 2.27. The van der Waals surface area contributed by atoms with Crippen LogP contribution in [0.4, 0.5) is 0 Å². The maximum atomic E-state index is 3.55. The van der Waals surface area contributed by atoms with E-state index in [1.54, 1.807) is 0 Å². The second-order valence-corrected chi connectivity index (χ2v) is 4.76. The summed E-state index contributed by atoms with van der Waals surface area (Å²) >= 11 is 0. The first-order valence-electron chi connectivity index (χ1n) is 6.16. The minimum atomic E-state index is 0.743. The average Bonchev–Trinajstić information content (AvgIpc) is 2.54. The van der Waals surface area contributed by atoms with Gasteiger partial charge >= 0.3 is 0 Å². The first kappa shape index (κ1) is 12.0. The van der Waals surface area contributed by atoms with Crippen molar-refractivity contribution >= 4 is 0 Å². The van der Waals surface area contributed by atoms with Gasteiger partial charge in [0.25, 0.3) is 0 Å². The maximum Gasteiger partial charge on any atom is 0.0207 e. The van der Waals surface area contributed by atoms with E-state index >= 15 is 0 Å². The van der Waals surface area contributed by atoms with E-state index in [0.29, 0.717) is 0 Å². The lowest BCUT2D eigenvalue weighted by molar-refractivity contribution is 0.182. The van der Waals surface area contributed by atoms with Gasteiger partial charge in [0.2, 0.25) is 0 Å². The fourth-order valence-electron chi connectivity index (χ4n) is 2.70. The number of hydrogen-bond acceptors (Lipinski definition) is 2. The standard InChI is InChI=1S/C12H26N2/c1-5-12(10(3)4)14-8-7-11(9-14)13-6-2/h10-13H,5-9H2,1-4H3. The van der Waals surface area contributed by atoms with Crippen LogP contribution in [0, 0.1) is 5.92 Å². The normalized spacial score (nSPS) is 25.9. The van der Waals surface area contributed by atoms with Crippen molar-refractivity contribution in [3.05, 3.63) is 0 Å². The zero-order chi connectivity index (χ0) is 10.6. The van der Waals surface area contributed by atoms with Crippen LogP contribution >= 0.6 is 0 Å². The van der Waals surface area contributed by atoms with Crippen LogP contribution < -0.4 is 5.32 Å². The van der Waals surface area contributed by atoms with Gasteiger partial charge < -0.3 is 5.32 Å². The molecule has 2 nitrogen and oxygen atoms in total. The topological polar surface area (TPSA) is 15.3 Å². The van der Waals surface area contributed by atoms with Crippen molar-refractivity contribution in [2.24, 2.45) is 5.92 Å². The van der Waals surface area contributed by atoms with E-state index in [-0.39, 0.29) is 0 Å². The molecule has 2 atom stereocenters. The smallest absolute Gasteiger partial charge is 0.0207 e. The summed E-state index contributed by atoms with van der Waals surface area (Å²) in [5, 5.41) is 3.55. The van der Waals surface area contributed by atoms with Crippen LogP contribution in [0.1, 0.15) is 40.5 Å². The minimum absolute atomic E-state index is 0.743. The molecule has 0 spiro atoms. The van der Waals surface area contributed by atoms with Gasteiger partial charge in [-0.3, -0.25) is 4.90 Å². The Morgan fingerprint density at radius 1 is 1.36 bits per heavy atom. The van der Waals surface area contributed by atoms with E-state index in [4.69, 9.17) is 0 Å². The summed E-state index contributed by atoms with van der Waals surface area (Å²) in [6, 6.07) is 1.53. The molecule has 0 aromatic carbocycles. The molecule has 2 heteroatoms. The zero-order valence-electron chi connectivity index (χ0n) is 10.2. The third-order valence-corrected chi connectivity index (χ3v) is 3.37. The van der Waals surface area contributed by atoms with Gasteiger partial charge in [0.15, 0.2) is 0 Å². The summed E-state index contributed by atoms with van der Waals surface area (Å²) < 4.78 is 0. The van der Waals surface area contributed by atoms with Crippen molar-refractivity contribution in [1.82, 2.24) is 10.2 Å².